The van der Waals surface area contributed by atoms with E-state index in [4.69, 9.17) is 5.14 Å². The summed E-state index contributed by atoms with van der Waals surface area (Å²) in [4.78, 5) is 4.07. The van der Waals surface area contributed by atoms with E-state index >= 15 is 0 Å². The first kappa shape index (κ1) is 16.1. The summed E-state index contributed by atoms with van der Waals surface area (Å²) in [5, 5.41) is 4.93. The highest BCUT2D eigenvalue weighted by molar-refractivity contribution is 9.10. The molecule has 2 aromatic rings. The molecule has 0 radical (unpaired) electrons. The van der Waals surface area contributed by atoms with Gasteiger partial charge in [-0.15, -0.1) is 0 Å². The minimum Gasteiger partial charge on any atom is -0.329 e. The fourth-order valence-electron chi connectivity index (χ4n) is 2.03. The monoisotopic (exact) mass is 375 g/mol. The predicted octanol–water partition coefficient (Wildman–Crippen LogP) is 2.60. The summed E-state index contributed by atoms with van der Waals surface area (Å²) >= 11 is 3.23. The van der Waals surface area contributed by atoms with Crippen molar-refractivity contribution in [1.82, 2.24) is 9.55 Å². The number of rotatable bonds is 4. The van der Waals surface area contributed by atoms with Crippen LogP contribution in [0.25, 0.3) is 0 Å². The second-order valence-electron chi connectivity index (χ2n) is 5.04. The molecule has 2 rings (SSSR count). The maximum absolute atomic E-state index is 13.4. The van der Waals surface area contributed by atoms with Gasteiger partial charge in [-0.1, -0.05) is 29.8 Å². The molecule has 0 amide bonds. The molecule has 0 aliphatic rings. The fourth-order valence-corrected chi connectivity index (χ4v) is 3.04. The van der Waals surface area contributed by atoms with Crippen molar-refractivity contribution in [2.75, 3.05) is 0 Å². The molecule has 1 heterocycles. The highest BCUT2D eigenvalue weighted by Gasteiger charge is 2.18. The van der Waals surface area contributed by atoms with E-state index in [0.717, 1.165) is 0 Å². The quantitative estimate of drug-likeness (QED) is 0.891. The molecule has 0 unspecified atom stereocenters. The zero-order chi connectivity index (χ0) is 15.8. The summed E-state index contributed by atoms with van der Waals surface area (Å²) in [6.45, 7) is 4.10. The van der Waals surface area contributed by atoms with E-state index in [9.17, 15) is 12.8 Å². The van der Waals surface area contributed by atoms with Gasteiger partial charge in [0.1, 0.15) is 11.6 Å². The first-order valence-electron chi connectivity index (χ1n) is 6.21. The Balaban J connectivity index is 2.45. The number of nitrogens with two attached hydrogens (primary N) is 1. The van der Waals surface area contributed by atoms with Crippen LogP contribution in [0.2, 0.25) is 0 Å². The van der Waals surface area contributed by atoms with Crippen LogP contribution in [-0.2, 0) is 16.6 Å². The van der Waals surface area contributed by atoms with E-state index in [-0.39, 0.29) is 16.8 Å². The Kier molecular flexibility index (Phi) is 4.50. The van der Waals surface area contributed by atoms with Gasteiger partial charge in [0.25, 0.3) is 10.0 Å². The number of aromatic nitrogens is 2. The van der Waals surface area contributed by atoms with Crippen molar-refractivity contribution in [2.45, 2.75) is 31.3 Å². The number of nitrogens with zero attached hydrogens (tertiary/aromatic N) is 2. The molecule has 0 fully saturated rings. The fraction of sp³-hybridized carbons (Fsp3) is 0.308. The number of benzene rings is 1. The number of hydrogen-bond donors (Lipinski definition) is 1. The molecule has 0 atom stereocenters. The Morgan fingerprint density at radius 3 is 2.57 bits per heavy atom. The second-order valence-corrected chi connectivity index (χ2v) is 7.47. The lowest BCUT2D eigenvalue weighted by atomic mass is 10.2. The molecule has 0 aliphatic heterocycles. The zero-order valence-electron chi connectivity index (χ0n) is 11.5. The van der Waals surface area contributed by atoms with Crippen molar-refractivity contribution in [1.29, 1.82) is 0 Å². The molecule has 1 aromatic carbocycles. The van der Waals surface area contributed by atoms with Crippen LogP contribution in [-0.4, -0.2) is 18.0 Å². The van der Waals surface area contributed by atoms with Gasteiger partial charge in [-0.3, -0.25) is 0 Å². The van der Waals surface area contributed by atoms with E-state index in [2.05, 4.69) is 20.9 Å². The topological polar surface area (TPSA) is 78.0 Å². The van der Waals surface area contributed by atoms with E-state index in [1.807, 2.05) is 13.8 Å². The third-order valence-electron chi connectivity index (χ3n) is 2.87. The molecule has 0 spiro atoms. The molecule has 8 heteroatoms. The van der Waals surface area contributed by atoms with Gasteiger partial charge < -0.3 is 4.57 Å². The van der Waals surface area contributed by atoms with Crippen molar-refractivity contribution in [3.63, 3.8) is 0 Å². The Hall–Kier alpha value is -1.25. The van der Waals surface area contributed by atoms with Crippen molar-refractivity contribution in [3.05, 3.63) is 46.1 Å². The first-order chi connectivity index (χ1) is 9.66. The summed E-state index contributed by atoms with van der Waals surface area (Å²) in [5.74, 6) is 0.231. The number of primary sulfonamides is 1. The van der Waals surface area contributed by atoms with Crippen molar-refractivity contribution >= 4 is 26.0 Å². The Bertz CT molecular complexity index is 751. The minimum atomic E-state index is -3.86. The summed E-state index contributed by atoms with van der Waals surface area (Å²) in [7, 11) is -3.86. The van der Waals surface area contributed by atoms with Gasteiger partial charge in [0.2, 0.25) is 0 Å². The first-order valence-corrected chi connectivity index (χ1v) is 8.55. The smallest absolute Gasteiger partial charge is 0.257 e. The number of sulfonamides is 1. The minimum absolute atomic E-state index is 0.0116. The van der Waals surface area contributed by atoms with Crippen LogP contribution < -0.4 is 5.14 Å². The normalized spacial score (nSPS) is 12.1. The molecule has 114 valence electrons. The van der Waals surface area contributed by atoms with Gasteiger partial charge in [0, 0.05) is 23.1 Å². The molecule has 5 nitrogen and oxygen atoms in total. The van der Waals surface area contributed by atoms with Crippen LogP contribution in [0.5, 0.6) is 0 Å². The van der Waals surface area contributed by atoms with E-state index in [1.54, 1.807) is 10.6 Å². The molecular formula is C13H15BrFN3O2S. The van der Waals surface area contributed by atoms with Crippen LogP contribution >= 0.6 is 15.9 Å². The zero-order valence-corrected chi connectivity index (χ0v) is 13.9. The van der Waals surface area contributed by atoms with Gasteiger partial charge in [-0.05, 0) is 23.8 Å². The van der Waals surface area contributed by atoms with Crippen molar-refractivity contribution in [3.8, 4) is 0 Å². The van der Waals surface area contributed by atoms with Crippen LogP contribution in [0.4, 0.5) is 4.39 Å². The predicted molar refractivity (Wildman–Crippen MR) is 80.9 cm³/mol. The molecule has 21 heavy (non-hydrogen) atoms. The van der Waals surface area contributed by atoms with Crippen LogP contribution in [0.1, 0.15) is 31.2 Å². The largest absolute Gasteiger partial charge is 0.329 e. The molecule has 0 bridgehead atoms. The molecule has 0 saturated heterocycles. The number of hydrogen-bond acceptors (Lipinski definition) is 3. The highest BCUT2D eigenvalue weighted by atomic mass is 79.9. The van der Waals surface area contributed by atoms with Crippen LogP contribution in [0.3, 0.4) is 0 Å². The van der Waals surface area contributed by atoms with Gasteiger partial charge in [-0.2, -0.15) is 0 Å². The van der Waals surface area contributed by atoms with Crippen LogP contribution in [0, 0.1) is 5.82 Å². The Morgan fingerprint density at radius 2 is 2.05 bits per heavy atom. The molecule has 2 N–H and O–H groups in total. The second kappa shape index (κ2) is 5.86. The van der Waals surface area contributed by atoms with Gasteiger partial charge >= 0.3 is 0 Å². The molecular weight excluding hydrogens is 361 g/mol. The lowest BCUT2D eigenvalue weighted by Crippen LogP contribution is -2.12. The van der Waals surface area contributed by atoms with Gasteiger partial charge in [0.15, 0.2) is 5.03 Å². The summed E-state index contributed by atoms with van der Waals surface area (Å²) < 4.78 is 38.5. The molecule has 0 saturated carbocycles. The van der Waals surface area contributed by atoms with Crippen LogP contribution in [0.15, 0.2) is 33.9 Å². The molecule has 0 aliphatic carbocycles. The molecule has 1 aromatic heterocycles. The maximum atomic E-state index is 13.4. The van der Waals surface area contributed by atoms with Gasteiger partial charge in [0.05, 0.1) is 0 Å². The van der Waals surface area contributed by atoms with E-state index < -0.39 is 10.0 Å². The highest BCUT2D eigenvalue weighted by Crippen LogP contribution is 2.20. The van der Waals surface area contributed by atoms with Crippen molar-refractivity contribution < 1.29 is 12.8 Å². The average Bonchev–Trinajstić information content (AvgIpc) is 2.71. The maximum Gasteiger partial charge on any atom is 0.257 e. The summed E-state index contributed by atoms with van der Waals surface area (Å²) in [6.07, 6.45) is 1.38. The standard InChI is InChI=1S/C13H15BrFN3O2S/c1-8(2)13-17-12(21(16,19)20)7-18(13)6-9-3-10(14)5-11(15)4-9/h3-5,7-8H,6H2,1-2H3,(H2,16,19,20). The lowest BCUT2D eigenvalue weighted by Gasteiger charge is -2.10. The van der Waals surface area contributed by atoms with E-state index in [1.165, 1.54) is 18.3 Å². The Morgan fingerprint density at radius 1 is 1.38 bits per heavy atom. The van der Waals surface area contributed by atoms with Gasteiger partial charge in [-0.25, -0.2) is 22.9 Å². The lowest BCUT2D eigenvalue weighted by molar-refractivity contribution is 0.594. The van der Waals surface area contributed by atoms with Crippen molar-refractivity contribution in [2.24, 2.45) is 5.14 Å². The Labute approximate surface area is 131 Å². The summed E-state index contributed by atoms with van der Waals surface area (Å²) in [5.41, 5.74) is 0.696. The SMILES string of the molecule is CC(C)c1nc(S(N)(=O)=O)cn1Cc1cc(F)cc(Br)c1. The summed E-state index contributed by atoms with van der Waals surface area (Å²) in [6, 6.07) is 4.52. The third kappa shape index (κ3) is 3.90. The number of imidazole rings is 1. The van der Waals surface area contributed by atoms with E-state index in [0.29, 0.717) is 22.4 Å². The third-order valence-corrected chi connectivity index (χ3v) is 4.11. The average molecular weight is 376 g/mol. The number of halogens is 2.